The molecule has 1 aromatic heterocycles. The highest BCUT2D eigenvalue weighted by Crippen LogP contribution is 2.36. The number of aromatic nitrogens is 1. The summed E-state index contributed by atoms with van der Waals surface area (Å²) in [5.41, 5.74) is 0.0380. The minimum atomic E-state index is -4.17. The number of hydrogen-bond acceptors (Lipinski definition) is 7. The van der Waals surface area contributed by atoms with Gasteiger partial charge in [0.05, 0.1) is 10.5 Å². The summed E-state index contributed by atoms with van der Waals surface area (Å²) < 4.78 is 28.0. The van der Waals surface area contributed by atoms with Crippen molar-refractivity contribution >= 4 is 68.5 Å². The normalized spacial score (nSPS) is 17.9. The molecule has 14 heteroatoms. The second-order valence-electron chi connectivity index (χ2n) is 9.86. The molecule has 0 aliphatic carbocycles. The van der Waals surface area contributed by atoms with Gasteiger partial charge < -0.3 is 15.7 Å². The number of aliphatic carboxylic acids is 1. The number of carboxylic acids is 1. The van der Waals surface area contributed by atoms with E-state index >= 15 is 0 Å². The molecule has 0 unspecified atom stereocenters. The molecule has 10 nitrogen and oxygen atoms in total. The molecule has 0 radical (unpaired) electrons. The molecule has 2 heterocycles. The van der Waals surface area contributed by atoms with Gasteiger partial charge in [-0.25, -0.2) is 13.2 Å². The van der Waals surface area contributed by atoms with Crippen molar-refractivity contribution in [3.8, 4) is 0 Å². The van der Waals surface area contributed by atoms with Crippen LogP contribution in [0.25, 0.3) is 0 Å². The lowest BCUT2D eigenvalue weighted by atomic mass is 9.97. The topological polar surface area (TPSA) is 146 Å². The third kappa shape index (κ3) is 6.90. The lowest BCUT2D eigenvalue weighted by molar-refractivity contribution is -0.143. The van der Waals surface area contributed by atoms with E-state index < -0.39 is 33.5 Å². The van der Waals surface area contributed by atoms with Crippen LogP contribution in [-0.2, 0) is 26.0 Å². The first-order valence-electron chi connectivity index (χ1n) is 12.8. The molecule has 2 amide bonds. The van der Waals surface area contributed by atoms with Crippen LogP contribution in [0.15, 0.2) is 70.7 Å². The van der Waals surface area contributed by atoms with Crippen LogP contribution in [0.3, 0.4) is 0 Å². The Bertz CT molecular complexity index is 1600. The molecule has 0 spiro atoms. The Morgan fingerprint density at radius 2 is 1.79 bits per heavy atom. The molecule has 2 aromatic carbocycles. The van der Waals surface area contributed by atoms with Crippen molar-refractivity contribution < 1.29 is 27.9 Å². The van der Waals surface area contributed by atoms with Gasteiger partial charge in [-0.1, -0.05) is 35.3 Å². The van der Waals surface area contributed by atoms with Gasteiger partial charge in [0.2, 0.25) is 15.9 Å². The number of benzene rings is 2. The fourth-order valence-corrected chi connectivity index (χ4v) is 7.84. The molecule has 1 fully saturated rings. The molecule has 1 aliphatic rings. The fraction of sp³-hybridized carbons (Fsp3) is 0.286. The number of nitrogens with zero attached hydrogens (tertiary/aromatic N) is 2. The van der Waals surface area contributed by atoms with Crippen molar-refractivity contribution in [1.29, 1.82) is 0 Å². The molecule has 3 N–H and O–H groups in total. The third-order valence-corrected chi connectivity index (χ3v) is 10.2. The van der Waals surface area contributed by atoms with Crippen LogP contribution in [0.1, 0.15) is 35.7 Å². The molecule has 222 valence electrons. The molecule has 42 heavy (non-hydrogen) atoms. The van der Waals surface area contributed by atoms with E-state index in [2.05, 4.69) is 15.6 Å². The quantitative estimate of drug-likeness (QED) is 0.267. The summed E-state index contributed by atoms with van der Waals surface area (Å²) >= 11 is 13.4. The van der Waals surface area contributed by atoms with Crippen molar-refractivity contribution in [2.24, 2.45) is 0 Å². The number of carboxylic acid groups (broad SMARTS) is 1. The number of halogens is 2. The Morgan fingerprint density at radius 1 is 1.12 bits per heavy atom. The monoisotopic (exact) mass is 650 g/mol. The third-order valence-electron chi connectivity index (χ3n) is 6.99. The fourth-order valence-electron chi connectivity index (χ4n) is 4.76. The van der Waals surface area contributed by atoms with E-state index in [1.165, 1.54) is 43.1 Å². The van der Waals surface area contributed by atoms with Gasteiger partial charge in [-0.05, 0) is 68.0 Å². The molecule has 2 atom stereocenters. The molecule has 1 saturated heterocycles. The number of thioether (sulfide) groups is 1. The Balaban J connectivity index is 1.47. The number of hydrogen-bond donors (Lipinski definition) is 3. The molecular weight excluding hydrogens is 623 g/mol. The first-order chi connectivity index (χ1) is 19.8. The van der Waals surface area contributed by atoms with E-state index in [1.807, 2.05) is 6.26 Å². The summed E-state index contributed by atoms with van der Waals surface area (Å²) in [5.74, 6) is -2.31. The summed E-state index contributed by atoms with van der Waals surface area (Å²) in [5, 5.41) is 15.5. The van der Waals surface area contributed by atoms with Crippen LogP contribution in [0.5, 0.6) is 0 Å². The predicted octanol–water partition coefficient (Wildman–Crippen LogP) is 4.72. The lowest BCUT2D eigenvalue weighted by Crippen LogP contribution is -2.58. The summed E-state index contributed by atoms with van der Waals surface area (Å²) in [7, 11) is -4.17. The van der Waals surface area contributed by atoms with E-state index in [0.717, 1.165) is 9.20 Å². The maximum absolute atomic E-state index is 13.5. The highest BCUT2D eigenvalue weighted by atomic mass is 35.5. The van der Waals surface area contributed by atoms with Crippen LogP contribution >= 0.6 is 35.0 Å². The zero-order valence-corrected chi connectivity index (χ0v) is 25.8. The van der Waals surface area contributed by atoms with Crippen molar-refractivity contribution in [1.82, 2.24) is 14.6 Å². The van der Waals surface area contributed by atoms with E-state index in [-0.39, 0.29) is 40.2 Å². The van der Waals surface area contributed by atoms with E-state index in [1.54, 1.807) is 36.5 Å². The average molecular weight is 652 g/mol. The van der Waals surface area contributed by atoms with E-state index in [9.17, 15) is 27.9 Å². The average Bonchev–Trinajstić information content (AvgIpc) is 3.36. The molecule has 0 bridgehead atoms. The van der Waals surface area contributed by atoms with Crippen LogP contribution in [0, 0.1) is 0 Å². The Kier molecular flexibility index (Phi) is 9.84. The van der Waals surface area contributed by atoms with Gasteiger partial charge in [0.15, 0.2) is 0 Å². The number of pyridine rings is 1. The number of anilines is 1. The van der Waals surface area contributed by atoms with Gasteiger partial charge >= 0.3 is 5.97 Å². The number of amides is 2. The van der Waals surface area contributed by atoms with Gasteiger partial charge in [-0.2, -0.15) is 4.31 Å². The summed E-state index contributed by atoms with van der Waals surface area (Å²) in [6.45, 7) is 1.54. The van der Waals surface area contributed by atoms with Gasteiger partial charge in [0.25, 0.3) is 5.91 Å². The second-order valence-corrected chi connectivity index (χ2v) is 13.4. The minimum absolute atomic E-state index is 0.0665. The standard InChI is InChI=1S/C28H28Cl2N4O6S2/c1-28(9-3-11-34(28)42(39,40)21-14-18(29)13-19(30)15-21)27(38)33-23(26(36)37)12-17-4-6-20(7-5-17)32-25(35)22-8-10-31-16-24(22)41-2/h4-8,10,13-16,23H,3,9,11-12H2,1-2H3,(H,32,35)(H,33,38)(H,36,37)/t23-,28-/m0/s1. The van der Waals surface area contributed by atoms with Gasteiger partial charge in [0, 0.05) is 46.0 Å². The Hall–Kier alpha value is -3.16. The zero-order valence-electron chi connectivity index (χ0n) is 22.6. The maximum atomic E-state index is 13.5. The second kappa shape index (κ2) is 13.0. The van der Waals surface area contributed by atoms with Crippen LogP contribution < -0.4 is 10.6 Å². The molecule has 0 saturated carbocycles. The zero-order chi connectivity index (χ0) is 30.7. The summed E-state index contributed by atoms with van der Waals surface area (Å²) in [4.78, 5) is 42.9. The molecule has 1 aliphatic heterocycles. The van der Waals surface area contributed by atoms with Gasteiger partial charge in [-0.3, -0.25) is 14.6 Å². The summed E-state index contributed by atoms with van der Waals surface area (Å²) in [6.07, 6.45) is 5.52. The molecule has 3 aromatic rings. The maximum Gasteiger partial charge on any atom is 0.326 e. The summed E-state index contributed by atoms with van der Waals surface area (Å²) in [6, 6.07) is 10.8. The van der Waals surface area contributed by atoms with Crippen molar-refractivity contribution in [3.05, 3.63) is 82.1 Å². The van der Waals surface area contributed by atoms with E-state index in [4.69, 9.17) is 23.2 Å². The largest absolute Gasteiger partial charge is 0.480 e. The number of rotatable bonds is 10. The van der Waals surface area contributed by atoms with Crippen LogP contribution in [0.2, 0.25) is 10.0 Å². The van der Waals surface area contributed by atoms with Gasteiger partial charge in [0.1, 0.15) is 11.6 Å². The molecule has 4 rings (SSSR count). The smallest absolute Gasteiger partial charge is 0.326 e. The highest BCUT2D eigenvalue weighted by molar-refractivity contribution is 7.98. The minimum Gasteiger partial charge on any atom is -0.480 e. The highest BCUT2D eigenvalue weighted by Gasteiger charge is 2.50. The van der Waals surface area contributed by atoms with Crippen LogP contribution in [-0.4, -0.2) is 65.0 Å². The lowest BCUT2D eigenvalue weighted by Gasteiger charge is -2.34. The SMILES string of the molecule is CSc1cnccc1C(=O)Nc1ccc(C[C@H](NC(=O)[C@]2(C)CCCN2S(=O)(=O)c2cc(Cl)cc(Cl)c2)C(=O)O)cc1. The molecular formula is C28H28Cl2N4O6S2. The van der Waals surface area contributed by atoms with Crippen molar-refractivity contribution in [3.63, 3.8) is 0 Å². The van der Waals surface area contributed by atoms with Crippen molar-refractivity contribution in [2.75, 3.05) is 18.1 Å². The van der Waals surface area contributed by atoms with Crippen LogP contribution in [0.4, 0.5) is 5.69 Å². The first-order valence-corrected chi connectivity index (χ1v) is 16.2. The van der Waals surface area contributed by atoms with E-state index in [0.29, 0.717) is 23.2 Å². The number of nitrogens with one attached hydrogen (secondary N) is 2. The Morgan fingerprint density at radius 3 is 2.40 bits per heavy atom. The Labute approximate surface area is 257 Å². The number of carbonyl (C=O) groups excluding carboxylic acids is 2. The number of sulfonamides is 1. The predicted molar refractivity (Wildman–Crippen MR) is 162 cm³/mol. The first kappa shape index (κ1) is 31.8. The van der Waals surface area contributed by atoms with Gasteiger partial charge in [-0.15, -0.1) is 11.8 Å². The number of carbonyl (C=O) groups is 3. The van der Waals surface area contributed by atoms with Crippen molar-refractivity contribution in [2.45, 2.75) is 47.6 Å².